The number of aryl methyl sites for hydroxylation is 1. The molecule has 6 rings (SSSR count). The molecular formula is C32H27F6N3O6. The van der Waals surface area contributed by atoms with Crippen LogP contribution in [0.5, 0.6) is 17.2 Å². The summed E-state index contributed by atoms with van der Waals surface area (Å²) >= 11 is 0. The summed E-state index contributed by atoms with van der Waals surface area (Å²) in [5.74, 6) is -2.19. The van der Waals surface area contributed by atoms with Gasteiger partial charge in [0.15, 0.2) is 6.61 Å². The third-order valence-electron chi connectivity index (χ3n) is 8.00. The fourth-order valence-electron chi connectivity index (χ4n) is 5.95. The summed E-state index contributed by atoms with van der Waals surface area (Å²) in [6, 6.07) is 12.3. The van der Waals surface area contributed by atoms with Crippen molar-refractivity contribution in [2.75, 3.05) is 31.8 Å². The van der Waals surface area contributed by atoms with Gasteiger partial charge >= 0.3 is 24.2 Å². The van der Waals surface area contributed by atoms with E-state index in [9.17, 15) is 35.9 Å². The second-order valence-corrected chi connectivity index (χ2v) is 11.0. The molecule has 2 aliphatic rings. The van der Waals surface area contributed by atoms with Crippen LogP contribution in [0.15, 0.2) is 54.6 Å². The maximum Gasteiger partial charge on any atom is 0.471 e. The molecule has 0 fully saturated rings. The summed E-state index contributed by atoms with van der Waals surface area (Å²) < 4.78 is 104. The quantitative estimate of drug-likeness (QED) is 0.155. The summed E-state index contributed by atoms with van der Waals surface area (Å²) in [6.07, 6.45) is -9.46. The van der Waals surface area contributed by atoms with Gasteiger partial charge in [-0.1, -0.05) is 31.2 Å². The number of halogens is 6. The Morgan fingerprint density at radius 2 is 1.77 bits per heavy atom. The van der Waals surface area contributed by atoms with Crippen molar-refractivity contribution in [3.05, 3.63) is 71.5 Å². The van der Waals surface area contributed by atoms with Crippen LogP contribution < -0.4 is 19.1 Å². The van der Waals surface area contributed by atoms with Crippen LogP contribution in [0, 0.1) is 0 Å². The number of rotatable bonds is 8. The number of aromatic nitrogens is 2. The topological polar surface area (TPSA) is 92.1 Å². The molecule has 2 aliphatic heterocycles. The van der Waals surface area contributed by atoms with E-state index >= 15 is 0 Å². The summed E-state index contributed by atoms with van der Waals surface area (Å²) in [7, 11) is 1.25. The van der Waals surface area contributed by atoms with E-state index in [0.717, 1.165) is 0 Å². The minimum Gasteiger partial charge on any atom is -0.493 e. The van der Waals surface area contributed by atoms with Crippen molar-refractivity contribution < 1.29 is 54.9 Å². The number of hydrogen-bond donors (Lipinski definition) is 0. The van der Waals surface area contributed by atoms with Crippen molar-refractivity contribution in [2.24, 2.45) is 0 Å². The lowest BCUT2D eigenvalue weighted by Gasteiger charge is -2.29. The molecule has 2 atom stereocenters. The smallest absolute Gasteiger partial charge is 0.471 e. The molecule has 3 heterocycles. The largest absolute Gasteiger partial charge is 0.493 e. The van der Waals surface area contributed by atoms with Gasteiger partial charge in [-0.3, -0.25) is 19.1 Å². The lowest BCUT2D eigenvalue weighted by atomic mass is 9.97. The fourth-order valence-corrected chi connectivity index (χ4v) is 5.95. The standard InChI is InChI=1S/C32H27F6N3O6/c1-3-26-39-28-21(7-5-9-24(28)47-16-31(33,34)35)41(26)22-8-4-6-20-23(15-46-29(20)22)40(30(43)32(36,37)38)18-10-11-19-17(12-27(42)44-2)14-45-25(19)13-18/h4-11,13,17,23H,3,12,14-16H2,1-2H3/t17-,23-/m1/s1. The lowest BCUT2D eigenvalue weighted by molar-refractivity contribution is -0.171. The van der Waals surface area contributed by atoms with Gasteiger partial charge in [0.2, 0.25) is 0 Å². The Balaban J connectivity index is 1.41. The van der Waals surface area contributed by atoms with Gasteiger partial charge in [-0.25, -0.2) is 4.98 Å². The second kappa shape index (κ2) is 12.0. The summed E-state index contributed by atoms with van der Waals surface area (Å²) in [4.78, 5) is 30.0. The molecular weight excluding hydrogens is 636 g/mol. The molecule has 47 heavy (non-hydrogen) atoms. The molecule has 9 nitrogen and oxygen atoms in total. The van der Waals surface area contributed by atoms with Crippen molar-refractivity contribution >= 4 is 28.6 Å². The van der Waals surface area contributed by atoms with E-state index in [2.05, 4.69) is 4.98 Å². The number of ether oxygens (including phenoxy) is 4. The van der Waals surface area contributed by atoms with Crippen molar-refractivity contribution in [3.63, 3.8) is 0 Å². The van der Waals surface area contributed by atoms with E-state index in [1.165, 1.54) is 37.4 Å². The summed E-state index contributed by atoms with van der Waals surface area (Å²) in [5.41, 5.74) is 1.71. The van der Waals surface area contributed by atoms with Gasteiger partial charge in [0.25, 0.3) is 0 Å². The van der Waals surface area contributed by atoms with Gasteiger partial charge in [0.1, 0.15) is 35.2 Å². The number of benzene rings is 3. The Morgan fingerprint density at radius 1 is 1.00 bits per heavy atom. The Bertz CT molecular complexity index is 1850. The molecule has 0 aliphatic carbocycles. The number of imidazole rings is 1. The lowest BCUT2D eigenvalue weighted by Crippen LogP contribution is -2.44. The SMILES string of the molecule is CCc1nc2c(OCC(F)(F)F)cccc2n1-c1cccc2c1OC[C@H]2N(C(=O)C(F)(F)F)c1ccc2c(c1)OC[C@H]2CC(=O)OC. The van der Waals surface area contributed by atoms with Crippen molar-refractivity contribution in [3.8, 4) is 22.9 Å². The van der Waals surface area contributed by atoms with Gasteiger partial charge < -0.3 is 18.9 Å². The van der Waals surface area contributed by atoms with Crippen LogP contribution in [0.3, 0.4) is 0 Å². The maximum atomic E-state index is 14.1. The van der Waals surface area contributed by atoms with Gasteiger partial charge in [0.05, 0.1) is 37.4 Å². The van der Waals surface area contributed by atoms with Gasteiger partial charge in [0, 0.05) is 35.2 Å². The van der Waals surface area contributed by atoms with Crippen LogP contribution in [-0.2, 0) is 20.7 Å². The van der Waals surface area contributed by atoms with E-state index in [1.807, 2.05) is 0 Å². The maximum absolute atomic E-state index is 14.1. The molecule has 0 radical (unpaired) electrons. The Labute approximate surface area is 263 Å². The number of carbonyl (C=O) groups excluding carboxylic acids is 2. The highest BCUT2D eigenvalue weighted by Crippen LogP contribution is 2.46. The number of alkyl halides is 6. The zero-order chi connectivity index (χ0) is 33.7. The monoisotopic (exact) mass is 663 g/mol. The molecule has 1 amide bonds. The van der Waals surface area contributed by atoms with Crippen LogP contribution in [0.1, 0.15) is 42.3 Å². The van der Waals surface area contributed by atoms with Crippen LogP contribution in [0.4, 0.5) is 32.0 Å². The molecule has 0 unspecified atom stereocenters. The van der Waals surface area contributed by atoms with E-state index in [1.54, 1.807) is 35.8 Å². The normalized spacial score (nSPS) is 17.1. The Kier molecular flexibility index (Phi) is 8.18. The van der Waals surface area contributed by atoms with Gasteiger partial charge in [-0.2, -0.15) is 26.3 Å². The van der Waals surface area contributed by atoms with E-state index in [4.69, 9.17) is 18.9 Å². The minimum absolute atomic E-state index is 0.0132. The van der Waals surface area contributed by atoms with Crippen LogP contribution in [0.25, 0.3) is 16.7 Å². The first-order chi connectivity index (χ1) is 22.3. The molecule has 4 aromatic rings. The molecule has 0 spiro atoms. The zero-order valence-electron chi connectivity index (χ0n) is 24.9. The zero-order valence-corrected chi connectivity index (χ0v) is 24.9. The fraction of sp³-hybridized carbons (Fsp3) is 0.344. The number of esters is 1. The third kappa shape index (κ3) is 6.01. The molecule has 248 valence electrons. The summed E-state index contributed by atoms with van der Waals surface area (Å²) in [5, 5.41) is 0. The van der Waals surface area contributed by atoms with Gasteiger partial charge in [-0.15, -0.1) is 0 Å². The second-order valence-electron chi connectivity index (χ2n) is 11.0. The minimum atomic E-state index is -5.24. The predicted octanol–water partition coefficient (Wildman–Crippen LogP) is 6.60. The number of fused-ring (bicyclic) bond motifs is 3. The molecule has 15 heteroatoms. The average Bonchev–Trinajstić information content (AvgIpc) is 3.74. The van der Waals surface area contributed by atoms with E-state index in [-0.39, 0.29) is 59.6 Å². The molecule has 0 N–H and O–H groups in total. The number of carbonyl (C=O) groups is 2. The first-order valence-corrected chi connectivity index (χ1v) is 14.5. The van der Waals surface area contributed by atoms with Crippen LogP contribution in [-0.4, -0.2) is 60.7 Å². The van der Waals surface area contributed by atoms with Gasteiger partial charge in [-0.05, 0) is 24.3 Å². The van der Waals surface area contributed by atoms with Crippen molar-refractivity contribution in [2.45, 2.75) is 44.1 Å². The number of methoxy groups -OCH3 is 1. The summed E-state index contributed by atoms with van der Waals surface area (Å²) in [6.45, 7) is 0.0530. The van der Waals surface area contributed by atoms with Crippen molar-refractivity contribution in [1.29, 1.82) is 0 Å². The van der Waals surface area contributed by atoms with E-state index in [0.29, 0.717) is 33.9 Å². The number of nitrogens with zero attached hydrogens (tertiary/aromatic N) is 3. The first kappa shape index (κ1) is 32.0. The highest BCUT2D eigenvalue weighted by molar-refractivity contribution is 5.98. The third-order valence-corrected chi connectivity index (χ3v) is 8.00. The number of para-hydroxylation sites is 2. The molecule has 3 aromatic carbocycles. The number of anilines is 1. The average molecular weight is 664 g/mol. The van der Waals surface area contributed by atoms with E-state index < -0.39 is 36.9 Å². The predicted molar refractivity (Wildman–Crippen MR) is 155 cm³/mol. The number of hydrogen-bond acceptors (Lipinski definition) is 7. The molecule has 0 bridgehead atoms. The molecule has 0 saturated carbocycles. The number of amides is 1. The highest BCUT2D eigenvalue weighted by Gasteiger charge is 2.48. The Hall–Kier alpha value is -4.95. The van der Waals surface area contributed by atoms with Crippen LogP contribution >= 0.6 is 0 Å². The molecule has 0 saturated heterocycles. The first-order valence-electron chi connectivity index (χ1n) is 14.5. The van der Waals surface area contributed by atoms with Crippen LogP contribution in [0.2, 0.25) is 0 Å². The Morgan fingerprint density at radius 3 is 2.47 bits per heavy atom. The molecule has 1 aromatic heterocycles. The van der Waals surface area contributed by atoms with Crippen molar-refractivity contribution in [1.82, 2.24) is 9.55 Å². The highest BCUT2D eigenvalue weighted by atomic mass is 19.4.